The first-order chi connectivity index (χ1) is 8.16. The summed E-state index contributed by atoms with van der Waals surface area (Å²) in [5.74, 6) is -6.66. The van der Waals surface area contributed by atoms with Crippen molar-refractivity contribution >= 4 is 17.2 Å². The predicted octanol–water partition coefficient (Wildman–Crippen LogP) is 2.84. The minimum Gasteiger partial charge on any atom is -0.343 e. The molecule has 0 spiro atoms. The molecular formula is C10H12F4N2OS. The number of amides is 1. The molecule has 18 heavy (non-hydrogen) atoms. The van der Waals surface area contributed by atoms with Crippen molar-refractivity contribution in [2.45, 2.75) is 39.2 Å². The zero-order chi connectivity index (χ0) is 14.1. The Morgan fingerprint density at radius 3 is 2.33 bits per heavy atom. The van der Waals surface area contributed by atoms with Crippen molar-refractivity contribution in [2.75, 3.05) is 0 Å². The maximum absolute atomic E-state index is 12.7. The molecule has 102 valence electrons. The maximum Gasteiger partial charge on any atom is 0.383 e. The molecule has 0 saturated heterocycles. The minimum absolute atomic E-state index is 0.575. The van der Waals surface area contributed by atoms with E-state index in [1.807, 2.05) is 5.32 Å². The van der Waals surface area contributed by atoms with Crippen molar-refractivity contribution in [3.05, 3.63) is 15.6 Å². The first-order valence-corrected chi connectivity index (χ1v) is 5.88. The van der Waals surface area contributed by atoms with Crippen LogP contribution in [0.15, 0.2) is 0 Å². The summed E-state index contributed by atoms with van der Waals surface area (Å²) >= 11 is 1.23. The molecular weight excluding hydrogens is 272 g/mol. The standard InChI is InChI=1S/C10H12F4N2OS/c1-4-7(18-6(3)15-4)5(2)16-9(17)10(13,14)8(11)12/h5,8H,1-3H3,(H,16,17). The van der Waals surface area contributed by atoms with Crippen LogP contribution in [0.5, 0.6) is 0 Å². The lowest BCUT2D eigenvalue weighted by molar-refractivity contribution is -0.170. The van der Waals surface area contributed by atoms with E-state index in [0.29, 0.717) is 15.6 Å². The van der Waals surface area contributed by atoms with E-state index < -0.39 is 24.3 Å². The SMILES string of the molecule is Cc1nc(C)c(C(C)NC(=O)C(F)(F)C(F)F)s1. The highest BCUT2D eigenvalue weighted by Gasteiger charge is 2.49. The number of hydrogen-bond acceptors (Lipinski definition) is 3. The van der Waals surface area contributed by atoms with Gasteiger partial charge in [0.1, 0.15) is 0 Å². The van der Waals surface area contributed by atoms with Gasteiger partial charge in [0.2, 0.25) is 0 Å². The van der Waals surface area contributed by atoms with Gasteiger partial charge >= 0.3 is 12.3 Å². The number of thiazole rings is 1. The number of carbonyl (C=O) groups excluding carboxylic acids is 1. The van der Waals surface area contributed by atoms with Crippen LogP contribution in [-0.4, -0.2) is 23.2 Å². The van der Waals surface area contributed by atoms with Crippen molar-refractivity contribution < 1.29 is 22.4 Å². The van der Waals surface area contributed by atoms with Crippen molar-refractivity contribution in [1.82, 2.24) is 10.3 Å². The number of nitrogens with one attached hydrogen (secondary N) is 1. The first kappa shape index (κ1) is 14.9. The molecule has 0 aromatic carbocycles. The monoisotopic (exact) mass is 284 g/mol. The van der Waals surface area contributed by atoms with E-state index >= 15 is 0 Å². The highest BCUT2D eigenvalue weighted by atomic mass is 32.1. The van der Waals surface area contributed by atoms with Gasteiger partial charge in [-0.25, -0.2) is 13.8 Å². The predicted molar refractivity (Wildman–Crippen MR) is 59.1 cm³/mol. The Kier molecular flexibility index (Phi) is 4.31. The lowest BCUT2D eigenvalue weighted by atomic mass is 10.2. The topological polar surface area (TPSA) is 42.0 Å². The molecule has 1 aromatic heterocycles. The third-order valence-electron chi connectivity index (χ3n) is 2.26. The van der Waals surface area contributed by atoms with E-state index in [1.54, 1.807) is 13.8 Å². The van der Waals surface area contributed by atoms with E-state index in [2.05, 4.69) is 4.98 Å². The second kappa shape index (κ2) is 5.21. The third kappa shape index (κ3) is 2.98. The van der Waals surface area contributed by atoms with Crippen LogP contribution in [-0.2, 0) is 4.79 Å². The Morgan fingerprint density at radius 2 is 1.94 bits per heavy atom. The van der Waals surface area contributed by atoms with Crippen molar-refractivity contribution in [2.24, 2.45) is 0 Å². The van der Waals surface area contributed by atoms with Crippen molar-refractivity contribution in [3.63, 3.8) is 0 Å². The molecule has 1 unspecified atom stereocenters. The second-order valence-corrected chi connectivity index (χ2v) is 5.04. The summed E-state index contributed by atoms with van der Waals surface area (Å²) in [6, 6.07) is -0.784. The first-order valence-electron chi connectivity index (χ1n) is 5.07. The van der Waals surface area contributed by atoms with E-state index in [1.165, 1.54) is 18.3 Å². The number of rotatable bonds is 4. The van der Waals surface area contributed by atoms with Gasteiger partial charge < -0.3 is 5.32 Å². The molecule has 0 aliphatic rings. The Hall–Kier alpha value is -1.18. The number of halogens is 4. The van der Waals surface area contributed by atoms with Crippen molar-refractivity contribution in [3.8, 4) is 0 Å². The lowest BCUT2D eigenvalue weighted by Crippen LogP contribution is -2.45. The Bertz CT molecular complexity index is 447. The number of hydrogen-bond donors (Lipinski definition) is 1. The lowest BCUT2D eigenvalue weighted by Gasteiger charge is -2.18. The molecule has 0 saturated carbocycles. The summed E-state index contributed by atoms with van der Waals surface area (Å²) in [6.07, 6.45) is -4.02. The fourth-order valence-corrected chi connectivity index (χ4v) is 2.34. The largest absolute Gasteiger partial charge is 0.383 e. The summed E-state index contributed by atoms with van der Waals surface area (Å²) in [7, 11) is 0. The van der Waals surface area contributed by atoms with Gasteiger partial charge in [0.25, 0.3) is 5.91 Å². The van der Waals surface area contributed by atoms with Crippen LogP contribution in [0.3, 0.4) is 0 Å². The van der Waals surface area contributed by atoms with Gasteiger partial charge in [-0.05, 0) is 20.8 Å². The normalized spacial score (nSPS) is 13.8. The molecule has 8 heteroatoms. The van der Waals surface area contributed by atoms with Crippen LogP contribution in [0.2, 0.25) is 0 Å². The molecule has 0 aliphatic carbocycles. The molecule has 0 radical (unpaired) electrons. The quantitative estimate of drug-likeness (QED) is 0.864. The van der Waals surface area contributed by atoms with E-state index in [9.17, 15) is 22.4 Å². The van der Waals surface area contributed by atoms with Crippen LogP contribution in [0, 0.1) is 13.8 Å². The highest BCUT2D eigenvalue weighted by Crippen LogP contribution is 2.27. The van der Waals surface area contributed by atoms with E-state index in [-0.39, 0.29) is 0 Å². The van der Waals surface area contributed by atoms with Crippen LogP contribution in [0.4, 0.5) is 17.6 Å². The third-order valence-corrected chi connectivity index (χ3v) is 3.51. The zero-order valence-electron chi connectivity index (χ0n) is 9.93. The van der Waals surface area contributed by atoms with Gasteiger partial charge in [-0.2, -0.15) is 8.78 Å². The molecule has 1 rings (SSSR count). The van der Waals surface area contributed by atoms with E-state index in [4.69, 9.17) is 0 Å². The Morgan fingerprint density at radius 1 is 1.39 bits per heavy atom. The minimum atomic E-state index is -4.68. The molecule has 1 atom stereocenters. The molecule has 1 aromatic rings. The molecule has 1 amide bonds. The number of carbonyl (C=O) groups is 1. The smallest absolute Gasteiger partial charge is 0.343 e. The molecule has 0 aliphatic heterocycles. The van der Waals surface area contributed by atoms with Crippen LogP contribution in [0.1, 0.15) is 28.5 Å². The molecule has 3 nitrogen and oxygen atoms in total. The number of aryl methyl sites for hydroxylation is 2. The summed E-state index contributed by atoms with van der Waals surface area (Å²) in [6.45, 7) is 4.83. The number of nitrogens with zero attached hydrogens (tertiary/aromatic N) is 1. The average molecular weight is 284 g/mol. The van der Waals surface area contributed by atoms with E-state index in [0.717, 1.165) is 0 Å². The molecule has 1 N–H and O–H groups in total. The van der Waals surface area contributed by atoms with Gasteiger partial charge in [0, 0.05) is 4.88 Å². The Balaban J connectivity index is 2.80. The average Bonchev–Trinajstić information content (AvgIpc) is 2.57. The zero-order valence-corrected chi connectivity index (χ0v) is 10.7. The summed E-state index contributed by atoms with van der Waals surface area (Å²) in [5, 5.41) is 2.59. The van der Waals surface area contributed by atoms with Gasteiger partial charge in [0.15, 0.2) is 0 Å². The molecule has 0 bridgehead atoms. The summed E-state index contributed by atoms with van der Waals surface area (Å²) < 4.78 is 49.5. The van der Waals surface area contributed by atoms with Crippen LogP contribution in [0.25, 0.3) is 0 Å². The van der Waals surface area contributed by atoms with Crippen LogP contribution < -0.4 is 5.32 Å². The summed E-state index contributed by atoms with van der Waals surface area (Å²) in [4.78, 5) is 15.7. The number of alkyl halides is 4. The number of aromatic nitrogens is 1. The van der Waals surface area contributed by atoms with Gasteiger partial charge in [-0.3, -0.25) is 4.79 Å². The maximum atomic E-state index is 12.7. The second-order valence-electron chi connectivity index (χ2n) is 3.80. The Labute approximate surface area is 105 Å². The highest BCUT2D eigenvalue weighted by molar-refractivity contribution is 7.11. The fourth-order valence-electron chi connectivity index (χ4n) is 1.41. The fraction of sp³-hybridized carbons (Fsp3) is 0.600. The summed E-state index contributed by atoms with van der Waals surface area (Å²) in [5.41, 5.74) is 0.589. The molecule has 0 fully saturated rings. The molecule has 1 heterocycles. The van der Waals surface area contributed by atoms with Gasteiger partial charge in [-0.1, -0.05) is 0 Å². The van der Waals surface area contributed by atoms with Crippen molar-refractivity contribution in [1.29, 1.82) is 0 Å². The van der Waals surface area contributed by atoms with Gasteiger partial charge in [-0.15, -0.1) is 11.3 Å². The van der Waals surface area contributed by atoms with Gasteiger partial charge in [0.05, 0.1) is 16.7 Å². The van der Waals surface area contributed by atoms with Crippen LogP contribution >= 0.6 is 11.3 Å².